The maximum absolute atomic E-state index is 12.4. The second-order valence-electron chi connectivity index (χ2n) is 6.50. The van der Waals surface area contributed by atoms with Gasteiger partial charge in [-0.1, -0.05) is 24.3 Å². The van der Waals surface area contributed by atoms with E-state index in [9.17, 15) is 9.59 Å². The number of ether oxygens (including phenoxy) is 2. The summed E-state index contributed by atoms with van der Waals surface area (Å²) in [4.78, 5) is 24.4. The molecule has 1 amide bonds. The Kier molecular flexibility index (Phi) is 7.49. The summed E-state index contributed by atoms with van der Waals surface area (Å²) in [5.41, 5.74) is 2.04. The van der Waals surface area contributed by atoms with Crippen molar-refractivity contribution in [3.63, 3.8) is 0 Å². The Labute approximate surface area is 175 Å². The maximum Gasteiger partial charge on any atom is 0.340 e. The summed E-state index contributed by atoms with van der Waals surface area (Å²) >= 11 is 0. The summed E-state index contributed by atoms with van der Waals surface area (Å²) in [5.74, 6) is 0.615. The number of furan rings is 1. The van der Waals surface area contributed by atoms with Gasteiger partial charge in [0.1, 0.15) is 11.5 Å². The molecule has 0 aliphatic rings. The van der Waals surface area contributed by atoms with Crippen LogP contribution in [0.5, 0.6) is 5.75 Å². The second kappa shape index (κ2) is 10.7. The quantitative estimate of drug-likeness (QED) is 0.500. The van der Waals surface area contributed by atoms with Crippen molar-refractivity contribution >= 4 is 17.6 Å². The van der Waals surface area contributed by atoms with Gasteiger partial charge in [0, 0.05) is 12.2 Å². The lowest BCUT2D eigenvalue weighted by Gasteiger charge is -2.11. The summed E-state index contributed by atoms with van der Waals surface area (Å²) in [6, 6.07) is 18.2. The van der Waals surface area contributed by atoms with E-state index < -0.39 is 5.97 Å². The van der Waals surface area contributed by atoms with Crippen molar-refractivity contribution in [3.8, 4) is 5.75 Å². The highest BCUT2D eigenvalue weighted by Gasteiger charge is 2.14. The number of rotatable bonds is 10. The number of carbonyl (C=O) groups is 2. The molecule has 0 aliphatic carbocycles. The Balaban J connectivity index is 1.43. The number of amides is 1. The lowest BCUT2D eigenvalue weighted by molar-refractivity contribution is -0.124. The first-order valence-electron chi connectivity index (χ1n) is 9.58. The topological polar surface area (TPSA) is 89.8 Å². The van der Waals surface area contributed by atoms with Gasteiger partial charge in [-0.15, -0.1) is 0 Å². The van der Waals surface area contributed by atoms with E-state index in [1.54, 1.807) is 37.6 Å². The highest BCUT2D eigenvalue weighted by Crippen LogP contribution is 2.17. The summed E-state index contributed by atoms with van der Waals surface area (Å²) in [7, 11) is 1.62. The predicted octanol–water partition coefficient (Wildman–Crippen LogP) is 3.42. The van der Waals surface area contributed by atoms with Crippen molar-refractivity contribution in [2.45, 2.75) is 13.0 Å². The molecule has 0 unspecified atom stereocenters. The van der Waals surface area contributed by atoms with Crippen molar-refractivity contribution in [1.29, 1.82) is 0 Å². The van der Waals surface area contributed by atoms with Crippen molar-refractivity contribution in [2.24, 2.45) is 0 Å². The fourth-order valence-electron chi connectivity index (χ4n) is 2.81. The third-order valence-corrected chi connectivity index (χ3v) is 4.41. The van der Waals surface area contributed by atoms with Gasteiger partial charge >= 0.3 is 5.97 Å². The second-order valence-corrected chi connectivity index (χ2v) is 6.50. The lowest BCUT2D eigenvalue weighted by atomic mass is 10.1. The molecule has 2 aromatic carbocycles. The molecule has 0 bridgehead atoms. The summed E-state index contributed by atoms with van der Waals surface area (Å²) in [5, 5.41) is 5.89. The minimum Gasteiger partial charge on any atom is -0.497 e. The van der Waals surface area contributed by atoms with Crippen LogP contribution in [-0.4, -0.2) is 32.1 Å². The van der Waals surface area contributed by atoms with Crippen LogP contribution < -0.4 is 15.4 Å². The minimum atomic E-state index is -0.567. The molecule has 0 aliphatic heterocycles. The normalized spacial score (nSPS) is 10.3. The summed E-state index contributed by atoms with van der Waals surface area (Å²) < 4.78 is 15.6. The molecule has 0 spiro atoms. The van der Waals surface area contributed by atoms with Gasteiger partial charge < -0.3 is 24.5 Å². The van der Waals surface area contributed by atoms with Crippen LogP contribution in [0, 0.1) is 0 Å². The van der Waals surface area contributed by atoms with Crippen LogP contribution in [-0.2, 0) is 22.5 Å². The molecule has 0 radical (unpaired) electrons. The van der Waals surface area contributed by atoms with E-state index >= 15 is 0 Å². The number of para-hydroxylation sites is 1. The molecule has 0 fully saturated rings. The number of methoxy groups -OCH3 is 1. The molecular formula is C23H24N2O5. The molecule has 7 heteroatoms. The standard InChI is InChI=1S/C23H24N2O5/c1-28-18-10-8-17(9-11-18)12-13-24-22(26)16-30-23(27)20-6-2-3-7-21(20)25-15-19-5-4-14-29-19/h2-11,14,25H,12-13,15-16H2,1H3,(H,24,26). The van der Waals surface area contributed by atoms with E-state index in [1.807, 2.05) is 36.4 Å². The molecule has 0 atom stereocenters. The van der Waals surface area contributed by atoms with E-state index in [1.165, 1.54) is 0 Å². The Hall–Kier alpha value is -3.74. The Morgan fingerprint density at radius 2 is 1.80 bits per heavy atom. The van der Waals surface area contributed by atoms with Gasteiger partial charge in [0.15, 0.2) is 6.61 Å². The molecule has 1 heterocycles. The van der Waals surface area contributed by atoms with Crippen LogP contribution in [0.1, 0.15) is 21.7 Å². The van der Waals surface area contributed by atoms with Crippen molar-refractivity contribution in [1.82, 2.24) is 5.32 Å². The summed E-state index contributed by atoms with van der Waals surface area (Å²) in [6.45, 7) is 0.543. The van der Waals surface area contributed by atoms with Gasteiger partial charge in [-0.2, -0.15) is 0 Å². The number of hydrogen-bond acceptors (Lipinski definition) is 6. The van der Waals surface area contributed by atoms with Crippen LogP contribution in [0.25, 0.3) is 0 Å². The Bertz CT molecular complexity index is 952. The number of benzene rings is 2. The van der Waals surface area contributed by atoms with Crippen LogP contribution in [0.2, 0.25) is 0 Å². The van der Waals surface area contributed by atoms with Gasteiger partial charge in [0.05, 0.1) is 25.5 Å². The van der Waals surface area contributed by atoms with Crippen LogP contribution in [0.4, 0.5) is 5.69 Å². The van der Waals surface area contributed by atoms with Gasteiger partial charge in [-0.3, -0.25) is 4.79 Å². The van der Waals surface area contributed by atoms with Gasteiger partial charge in [0.25, 0.3) is 5.91 Å². The van der Waals surface area contributed by atoms with E-state index in [4.69, 9.17) is 13.9 Å². The number of anilines is 1. The van der Waals surface area contributed by atoms with E-state index in [0.29, 0.717) is 30.8 Å². The monoisotopic (exact) mass is 408 g/mol. The van der Waals surface area contributed by atoms with Gasteiger partial charge in [0.2, 0.25) is 0 Å². The van der Waals surface area contributed by atoms with Crippen molar-refractivity contribution in [3.05, 3.63) is 83.8 Å². The molecule has 3 aromatic rings. The first-order valence-corrected chi connectivity index (χ1v) is 9.58. The molecule has 1 aromatic heterocycles. The molecule has 0 saturated heterocycles. The highest BCUT2D eigenvalue weighted by molar-refractivity contribution is 5.96. The largest absolute Gasteiger partial charge is 0.497 e. The lowest BCUT2D eigenvalue weighted by Crippen LogP contribution is -2.30. The number of carbonyl (C=O) groups excluding carboxylic acids is 2. The zero-order valence-electron chi connectivity index (χ0n) is 16.7. The zero-order chi connectivity index (χ0) is 21.2. The van der Waals surface area contributed by atoms with E-state index in [0.717, 1.165) is 17.1 Å². The average molecular weight is 408 g/mol. The Morgan fingerprint density at radius 3 is 2.53 bits per heavy atom. The predicted molar refractivity (Wildman–Crippen MR) is 112 cm³/mol. The minimum absolute atomic E-state index is 0.339. The summed E-state index contributed by atoms with van der Waals surface area (Å²) in [6.07, 6.45) is 2.26. The van der Waals surface area contributed by atoms with Gasteiger partial charge in [-0.05, 0) is 48.4 Å². The number of esters is 1. The SMILES string of the molecule is COc1ccc(CCNC(=O)COC(=O)c2ccccc2NCc2ccco2)cc1. The molecule has 7 nitrogen and oxygen atoms in total. The average Bonchev–Trinajstić information content (AvgIpc) is 3.30. The zero-order valence-corrected chi connectivity index (χ0v) is 16.7. The first kappa shape index (κ1) is 21.0. The molecule has 156 valence electrons. The van der Waals surface area contributed by atoms with E-state index in [2.05, 4.69) is 10.6 Å². The fraction of sp³-hybridized carbons (Fsp3) is 0.217. The fourth-order valence-corrected chi connectivity index (χ4v) is 2.81. The first-order chi connectivity index (χ1) is 14.7. The highest BCUT2D eigenvalue weighted by atomic mass is 16.5. The third kappa shape index (κ3) is 6.13. The number of hydrogen-bond donors (Lipinski definition) is 2. The van der Waals surface area contributed by atoms with Crippen LogP contribution in [0.3, 0.4) is 0 Å². The van der Waals surface area contributed by atoms with Crippen LogP contribution >= 0.6 is 0 Å². The molecule has 3 rings (SSSR count). The third-order valence-electron chi connectivity index (χ3n) is 4.41. The van der Waals surface area contributed by atoms with Crippen molar-refractivity contribution < 1.29 is 23.5 Å². The van der Waals surface area contributed by atoms with Crippen LogP contribution in [0.15, 0.2) is 71.3 Å². The molecule has 30 heavy (non-hydrogen) atoms. The Morgan fingerprint density at radius 1 is 1.00 bits per heavy atom. The van der Waals surface area contributed by atoms with Gasteiger partial charge in [-0.25, -0.2) is 4.79 Å². The molecule has 2 N–H and O–H groups in total. The van der Waals surface area contributed by atoms with E-state index in [-0.39, 0.29) is 12.5 Å². The molecule has 0 saturated carbocycles. The molecular weight excluding hydrogens is 384 g/mol. The van der Waals surface area contributed by atoms with Crippen molar-refractivity contribution in [2.75, 3.05) is 25.6 Å². The number of nitrogens with one attached hydrogen (secondary N) is 2. The smallest absolute Gasteiger partial charge is 0.340 e. The maximum atomic E-state index is 12.4.